The van der Waals surface area contributed by atoms with E-state index in [4.69, 9.17) is 0 Å². The van der Waals surface area contributed by atoms with Gasteiger partial charge >= 0.3 is 0 Å². The zero-order valence-corrected chi connectivity index (χ0v) is 18.0. The SMILES string of the molecule is SCCSCCSC1(SCCSCCS)CCCCCC1. The van der Waals surface area contributed by atoms with E-state index in [1.54, 1.807) is 0 Å². The first-order valence-electron chi connectivity index (χ1n) is 7.98. The molecule has 0 aromatic rings. The monoisotopic (exact) mass is 402 g/mol. The second-order valence-corrected chi connectivity index (χ2v) is 11.8. The molecular formula is C15H30S6. The van der Waals surface area contributed by atoms with Crippen LogP contribution in [0.25, 0.3) is 0 Å². The standard InChI is InChI=1S/C15H30S6/c16-7-9-18-11-13-20-15(5-3-1-2-4-6-15)21-14-12-19-10-8-17/h16-17H,1-14H2. The van der Waals surface area contributed by atoms with Crippen molar-refractivity contribution in [2.45, 2.75) is 42.6 Å². The molecule has 0 spiro atoms. The molecule has 0 amide bonds. The molecule has 0 saturated heterocycles. The Morgan fingerprint density at radius 3 is 1.52 bits per heavy atom. The highest BCUT2D eigenvalue weighted by Gasteiger charge is 2.31. The first-order valence-corrected chi connectivity index (χ1v) is 13.5. The molecule has 0 heterocycles. The Hall–Kier alpha value is 2.10. The lowest BCUT2D eigenvalue weighted by molar-refractivity contribution is 0.675. The number of thiol groups is 2. The quantitative estimate of drug-likeness (QED) is 0.182. The van der Waals surface area contributed by atoms with Gasteiger partial charge < -0.3 is 0 Å². The van der Waals surface area contributed by atoms with E-state index in [1.165, 1.54) is 73.0 Å². The van der Waals surface area contributed by atoms with E-state index < -0.39 is 0 Å². The molecule has 6 heteroatoms. The maximum absolute atomic E-state index is 4.29. The summed E-state index contributed by atoms with van der Waals surface area (Å²) in [5.74, 6) is 9.64. The van der Waals surface area contributed by atoms with E-state index in [2.05, 4.69) is 72.3 Å². The fourth-order valence-corrected chi connectivity index (χ4v) is 8.29. The summed E-state index contributed by atoms with van der Waals surface area (Å²) in [5, 5.41) is 0. The van der Waals surface area contributed by atoms with Gasteiger partial charge in [0.2, 0.25) is 0 Å². The van der Waals surface area contributed by atoms with Crippen molar-refractivity contribution in [3.8, 4) is 0 Å². The smallest absolute Gasteiger partial charge is 0.0611 e. The number of rotatable bonds is 12. The van der Waals surface area contributed by atoms with Crippen LogP contribution in [-0.4, -0.2) is 50.1 Å². The van der Waals surface area contributed by atoms with Crippen molar-refractivity contribution >= 4 is 72.3 Å². The zero-order valence-electron chi connectivity index (χ0n) is 12.9. The molecule has 126 valence electrons. The van der Waals surface area contributed by atoms with Crippen molar-refractivity contribution in [1.29, 1.82) is 0 Å². The van der Waals surface area contributed by atoms with E-state index in [9.17, 15) is 0 Å². The summed E-state index contributed by atoms with van der Waals surface area (Å²) in [7, 11) is 0. The van der Waals surface area contributed by atoms with Crippen LogP contribution in [0.1, 0.15) is 38.5 Å². The molecule has 0 aliphatic heterocycles. The molecule has 1 rings (SSSR count). The van der Waals surface area contributed by atoms with Gasteiger partial charge in [-0.05, 0) is 24.3 Å². The lowest BCUT2D eigenvalue weighted by Crippen LogP contribution is -2.21. The first-order chi connectivity index (χ1) is 10.3. The molecule has 0 bridgehead atoms. The number of hydrogen-bond donors (Lipinski definition) is 2. The topological polar surface area (TPSA) is 0 Å². The Morgan fingerprint density at radius 1 is 0.619 bits per heavy atom. The van der Waals surface area contributed by atoms with Gasteiger partial charge in [0, 0.05) is 34.5 Å². The molecule has 0 radical (unpaired) electrons. The van der Waals surface area contributed by atoms with Gasteiger partial charge in [0.15, 0.2) is 0 Å². The van der Waals surface area contributed by atoms with Gasteiger partial charge in [-0.15, -0.1) is 23.5 Å². The van der Waals surface area contributed by atoms with Crippen LogP contribution in [0.15, 0.2) is 0 Å². The van der Waals surface area contributed by atoms with E-state index in [-0.39, 0.29) is 0 Å². The average molecular weight is 403 g/mol. The first kappa shape index (κ1) is 21.1. The van der Waals surface area contributed by atoms with Gasteiger partial charge in [-0.2, -0.15) is 48.8 Å². The molecule has 0 atom stereocenters. The zero-order chi connectivity index (χ0) is 15.2. The lowest BCUT2D eigenvalue weighted by atomic mass is 10.2. The molecule has 21 heavy (non-hydrogen) atoms. The Balaban J connectivity index is 2.30. The molecule has 0 unspecified atom stereocenters. The van der Waals surface area contributed by atoms with Crippen LogP contribution in [0.3, 0.4) is 0 Å². The third kappa shape index (κ3) is 10.5. The van der Waals surface area contributed by atoms with Crippen LogP contribution in [0.2, 0.25) is 0 Å². The summed E-state index contributed by atoms with van der Waals surface area (Å²) in [6.45, 7) is 0. The second-order valence-electron chi connectivity index (χ2n) is 5.19. The molecular weight excluding hydrogens is 373 g/mol. The van der Waals surface area contributed by atoms with Crippen LogP contribution in [0.5, 0.6) is 0 Å². The van der Waals surface area contributed by atoms with Gasteiger partial charge in [-0.1, -0.05) is 25.7 Å². The Kier molecular flexibility index (Phi) is 14.5. The Morgan fingerprint density at radius 2 is 1.10 bits per heavy atom. The normalized spacial score (nSPS) is 18.6. The predicted octanol–water partition coefficient (Wildman–Crippen LogP) is 5.83. The van der Waals surface area contributed by atoms with Crippen molar-refractivity contribution in [3.63, 3.8) is 0 Å². The van der Waals surface area contributed by atoms with Crippen LogP contribution in [0, 0.1) is 0 Å². The van der Waals surface area contributed by atoms with Crippen molar-refractivity contribution in [1.82, 2.24) is 0 Å². The third-order valence-electron chi connectivity index (χ3n) is 3.52. The summed E-state index contributed by atoms with van der Waals surface area (Å²) in [4.78, 5) is 0. The molecule has 1 fully saturated rings. The van der Waals surface area contributed by atoms with Crippen molar-refractivity contribution in [3.05, 3.63) is 0 Å². The molecule has 1 saturated carbocycles. The van der Waals surface area contributed by atoms with Crippen LogP contribution in [-0.2, 0) is 0 Å². The number of thioether (sulfide) groups is 4. The molecule has 1 aliphatic carbocycles. The molecule has 0 N–H and O–H groups in total. The average Bonchev–Trinajstić information content (AvgIpc) is 2.73. The largest absolute Gasteiger partial charge is 0.179 e. The summed E-state index contributed by atoms with van der Waals surface area (Å²) in [6.07, 6.45) is 8.63. The second kappa shape index (κ2) is 14.4. The maximum atomic E-state index is 4.29. The molecule has 0 aromatic carbocycles. The Labute approximate surface area is 160 Å². The highest BCUT2D eigenvalue weighted by atomic mass is 32.2. The summed E-state index contributed by atoms with van der Waals surface area (Å²) in [5.41, 5.74) is 0. The third-order valence-corrected chi connectivity index (χ3v) is 10.5. The fourth-order valence-electron chi connectivity index (χ4n) is 2.50. The van der Waals surface area contributed by atoms with Crippen molar-refractivity contribution < 1.29 is 0 Å². The maximum Gasteiger partial charge on any atom is 0.0611 e. The van der Waals surface area contributed by atoms with Gasteiger partial charge in [-0.3, -0.25) is 0 Å². The lowest BCUT2D eigenvalue weighted by Gasteiger charge is -2.32. The summed E-state index contributed by atoms with van der Waals surface area (Å²) in [6, 6.07) is 0. The fraction of sp³-hybridized carbons (Fsp3) is 1.00. The highest BCUT2D eigenvalue weighted by Crippen LogP contribution is 2.47. The Bertz CT molecular complexity index is 212. The van der Waals surface area contributed by atoms with E-state index in [0.717, 1.165) is 11.5 Å². The summed E-state index contributed by atoms with van der Waals surface area (Å²) >= 11 is 17.2. The van der Waals surface area contributed by atoms with Crippen molar-refractivity contribution in [2.24, 2.45) is 0 Å². The van der Waals surface area contributed by atoms with Gasteiger partial charge in [-0.25, -0.2) is 0 Å². The van der Waals surface area contributed by atoms with Crippen LogP contribution in [0.4, 0.5) is 0 Å². The van der Waals surface area contributed by atoms with E-state index in [1.807, 2.05) is 0 Å². The van der Waals surface area contributed by atoms with E-state index >= 15 is 0 Å². The molecule has 0 nitrogen and oxygen atoms in total. The van der Waals surface area contributed by atoms with Gasteiger partial charge in [0.25, 0.3) is 0 Å². The minimum atomic E-state index is 0.527. The van der Waals surface area contributed by atoms with Crippen LogP contribution < -0.4 is 0 Å². The van der Waals surface area contributed by atoms with Crippen LogP contribution >= 0.6 is 72.3 Å². The molecule has 1 aliphatic rings. The van der Waals surface area contributed by atoms with Gasteiger partial charge in [0.1, 0.15) is 0 Å². The van der Waals surface area contributed by atoms with Crippen molar-refractivity contribution in [2.75, 3.05) is 46.0 Å². The predicted molar refractivity (Wildman–Crippen MR) is 118 cm³/mol. The minimum absolute atomic E-state index is 0.527. The minimum Gasteiger partial charge on any atom is -0.179 e. The number of hydrogen-bond acceptors (Lipinski definition) is 6. The van der Waals surface area contributed by atoms with Gasteiger partial charge in [0.05, 0.1) is 4.08 Å². The molecule has 0 aromatic heterocycles. The van der Waals surface area contributed by atoms with E-state index in [0.29, 0.717) is 4.08 Å². The highest BCUT2D eigenvalue weighted by molar-refractivity contribution is 8.18. The summed E-state index contributed by atoms with van der Waals surface area (Å²) < 4.78 is 0.527.